The van der Waals surface area contributed by atoms with Crippen LogP contribution in [0.4, 0.5) is 21.8 Å². The molecule has 10 nitrogen and oxygen atoms in total. The van der Waals surface area contributed by atoms with E-state index in [9.17, 15) is 14.0 Å². The fraction of sp³-hybridized carbons (Fsp3) is 0.0476. The van der Waals surface area contributed by atoms with E-state index in [1.807, 2.05) is 0 Å². The highest BCUT2D eigenvalue weighted by atomic mass is 35.5. The first-order valence-corrected chi connectivity index (χ1v) is 9.86. The second-order valence-corrected chi connectivity index (χ2v) is 7.25. The smallest absolute Gasteiger partial charge is 0.250 e. The normalized spacial score (nSPS) is 10.6. The Bertz CT molecular complexity index is 1370. The summed E-state index contributed by atoms with van der Waals surface area (Å²) in [6.07, 6.45) is 5.99. The Balaban J connectivity index is 1.79. The number of benzene rings is 1. The average Bonchev–Trinajstić information content (AvgIpc) is 3.24. The summed E-state index contributed by atoms with van der Waals surface area (Å²) in [5, 5.41) is 9.81. The predicted octanol–water partition coefficient (Wildman–Crippen LogP) is 3.32. The zero-order valence-electron chi connectivity index (χ0n) is 17.1. The summed E-state index contributed by atoms with van der Waals surface area (Å²) >= 11 is 5.85. The lowest BCUT2D eigenvalue weighted by atomic mass is 10.1. The summed E-state index contributed by atoms with van der Waals surface area (Å²) in [5.74, 6) is -0.658. The van der Waals surface area contributed by atoms with Crippen LogP contribution in [0, 0.1) is 5.82 Å². The summed E-state index contributed by atoms with van der Waals surface area (Å²) in [7, 11) is 0. The highest BCUT2D eigenvalue weighted by Crippen LogP contribution is 2.28. The summed E-state index contributed by atoms with van der Waals surface area (Å²) in [6.45, 7) is 1.37. The fourth-order valence-electron chi connectivity index (χ4n) is 2.93. The molecule has 0 bridgehead atoms. The molecule has 0 spiro atoms. The first-order valence-electron chi connectivity index (χ1n) is 9.48. The SMILES string of the molecule is CC(=O)Nc1ccn(-c2nc(Nc3ccc(F)c(Cl)c3)ncc2-c2cncc(C(N)=O)c2)n1. The van der Waals surface area contributed by atoms with Crippen molar-refractivity contribution in [2.75, 3.05) is 10.6 Å². The average molecular weight is 467 g/mol. The standard InChI is InChI=1S/C21H16ClFN8O2/c1-11(32)27-18-4-5-31(30-18)20-15(12-6-13(19(24)33)9-25-8-12)10-26-21(29-20)28-14-2-3-17(23)16(22)7-14/h2-10H,1H3,(H2,24,33)(H,26,28,29)(H,27,30,32). The van der Waals surface area contributed by atoms with Crippen molar-refractivity contribution >= 4 is 40.9 Å². The number of hydrogen-bond acceptors (Lipinski definition) is 7. The molecule has 0 saturated heterocycles. The molecule has 0 aliphatic rings. The van der Waals surface area contributed by atoms with Gasteiger partial charge in [0, 0.05) is 54.6 Å². The Labute approximate surface area is 191 Å². The van der Waals surface area contributed by atoms with E-state index >= 15 is 0 Å². The van der Waals surface area contributed by atoms with Gasteiger partial charge < -0.3 is 16.4 Å². The third-order valence-corrected chi connectivity index (χ3v) is 4.68. The number of nitrogens with two attached hydrogens (primary N) is 1. The lowest BCUT2D eigenvalue weighted by Crippen LogP contribution is -2.12. The molecule has 166 valence electrons. The lowest BCUT2D eigenvalue weighted by molar-refractivity contribution is -0.114. The Morgan fingerprint density at radius 2 is 1.97 bits per heavy atom. The van der Waals surface area contributed by atoms with E-state index in [1.54, 1.807) is 18.3 Å². The molecule has 2 amide bonds. The van der Waals surface area contributed by atoms with Gasteiger partial charge in [0.1, 0.15) is 5.82 Å². The molecule has 12 heteroatoms. The van der Waals surface area contributed by atoms with E-state index in [0.717, 1.165) is 0 Å². The van der Waals surface area contributed by atoms with Crippen molar-refractivity contribution in [2.24, 2.45) is 5.73 Å². The number of pyridine rings is 1. The van der Waals surface area contributed by atoms with E-state index in [0.29, 0.717) is 28.5 Å². The van der Waals surface area contributed by atoms with Crippen molar-refractivity contribution in [1.29, 1.82) is 0 Å². The number of amides is 2. The number of rotatable bonds is 6. The van der Waals surface area contributed by atoms with Gasteiger partial charge in [0.05, 0.1) is 10.6 Å². The van der Waals surface area contributed by atoms with Crippen LogP contribution in [0.1, 0.15) is 17.3 Å². The molecule has 4 rings (SSSR count). The van der Waals surface area contributed by atoms with Gasteiger partial charge >= 0.3 is 0 Å². The number of primary amides is 1. The van der Waals surface area contributed by atoms with Gasteiger partial charge in [0.25, 0.3) is 0 Å². The third-order valence-electron chi connectivity index (χ3n) is 4.39. The van der Waals surface area contributed by atoms with Crippen LogP contribution in [0.25, 0.3) is 16.9 Å². The molecule has 3 heterocycles. The van der Waals surface area contributed by atoms with Crippen LogP contribution in [0.5, 0.6) is 0 Å². The molecule has 33 heavy (non-hydrogen) atoms. The second-order valence-electron chi connectivity index (χ2n) is 6.84. The van der Waals surface area contributed by atoms with Crippen molar-refractivity contribution in [3.63, 3.8) is 0 Å². The van der Waals surface area contributed by atoms with Crippen molar-refractivity contribution < 1.29 is 14.0 Å². The van der Waals surface area contributed by atoms with Crippen LogP contribution in [-0.4, -0.2) is 36.5 Å². The molecule has 0 aliphatic carbocycles. The lowest BCUT2D eigenvalue weighted by Gasteiger charge is -2.12. The van der Waals surface area contributed by atoms with Crippen molar-refractivity contribution in [3.05, 3.63) is 71.5 Å². The highest BCUT2D eigenvalue weighted by Gasteiger charge is 2.15. The molecular formula is C21H16ClFN8O2. The minimum Gasteiger partial charge on any atom is -0.366 e. The number of anilines is 3. The molecule has 1 aromatic carbocycles. The zero-order chi connectivity index (χ0) is 23.5. The van der Waals surface area contributed by atoms with Gasteiger partial charge in [-0.25, -0.2) is 14.1 Å². The number of carbonyl (C=O) groups is 2. The summed E-state index contributed by atoms with van der Waals surface area (Å²) in [5.41, 5.74) is 7.07. The number of nitrogens with zero attached hydrogens (tertiary/aromatic N) is 5. The second kappa shape index (κ2) is 9.01. The fourth-order valence-corrected chi connectivity index (χ4v) is 3.11. The van der Waals surface area contributed by atoms with Crippen LogP contribution < -0.4 is 16.4 Å². The zero-order valence-corrected chi connectivity index (χ0v) is 17.8. The van der Waals surface area contributed by atoms with Gasteiger partial charge in [0.15, 0.2) is 11.6 Å². The maximum absolute atomic E-state index is 13.5. The highest BCUT2D eigenvalue weighted by molar-refractivity contribution is 6.31. The molecule has 0 radical (unpaired) electrons. The van der Waals surface area contributed by atoms with Crippen molar-refractivity contribution in [3.8, 4) is 16.9 Å². The number of aromatic nitrogens is 5. The number of halogens is 2. The van der Waals surface area contributed by atoms with Gasteiger partial charge in [0.2, 0.25) is 17.8 Å². The largest absolute Gasteiger partial charge is 0.366 e. The Kier molecular flexibility index (Phi) is 5.96. The first kappa shape index (κ1) is 21.8. The van der Waals surface area contributed by atoms with Crippen molar-refractivity contribution in [2.45, 2.75) is 6.92 Å². The van der Waals surface area contributed by atoms with E-state index in [4.69, 9.17) is 17.3 Å². The van der Waals surface area contributed by atoms with Crippen LogP contribution in [0.3, 0.4) is 0 Å². The first-order chi connectivity index (χ1) is 15.8. The summed E-state index contributed by atoms with van der Waals surface area (Å²) in [6, 6.07) is 7.26. The quantitative estimate of drug-likeness (QED) is 0.395. The minimum atomic E-state index is -0.634. The van der Waals surface area contributed by atoms with Crippen LogP contribution in [-0.2, 0) is 4.79 Å². The maximum atomic E-state index is 13.5. The monoisotopic (exact) mass is 466 g/mol. The third kappa shape index (κ3) is 4.93. The molecule has 0 aliphatic heterocycles. The molecule has 3 aromatic heterocycles. The molecule has 4 N–H and O–H groups in total. The molecular weight excluding hydrogens is 451 g/mol. The van der Waals surface area contributed by atoms with Gasteiger partial charge in [-0.3, -0.25) is 14.6 Å². The van der Waals surface area contributed by atoms with E-state index in [-0.39, 0.29) is 22.4 Å². The molecule has 0 unspecified atom stereocenters. The van der Waals surface area contributed by atoms with E-state index in [2.05, 4.69) is 30.7 Å². The van der Waals surface area contributed by atoms with Crippen molar-refractivity contribution in [1.82, 2.24) is 24.7 Å². The molecule has 4 aromatic rings. The van der Waals surface area contributed by atoms with E-state index < -0.39 is 11.7 Å². The number of carbonyl (C=O) groups excluding carboxylic acids is 2. The van der Waals surface area contributed by atoms with Gasteiger partial charge in [-0.15, -0.1) is 5.10 Å². The van der Waals surface area contributed by atoms with Gasteiger partial charge in [-0.1, -0.05) is 11.6 Å². The topological polar surface area (TPSA) is 141 Å². The van der Waals surface area contributed by atoms with E-state index in [1.165, 1.54) is 48.4 Å². The van der Waals surface area contributed by atoms with Crippen LogP contribution >= 0.6 is 11.6 Å². The number of nitrogens with one attached hydrogen (secondary N) is 2. The predicted molar refractivity (Wildman–Crippen MR) is 120 cm³/mol. The maximum Gasteiger partial charge on any atom is 0.250 e. The molecule has 0 saturated carbocycles. The Morgan fingerprint density at radius 1 is 1.15 bits per heavy atom. The van der Waals surface area contributed by atoms with Gasteiger partial charge in [-0.05, 0) is 24.3 Å². The number of hydrogen-bond donors (Lipinski definition) is 3. The molecule has 0 atom stereocenters. The minimum absolute atomic E-state index is 0.0572. The summed E-state index contributed by atoms with van der Waals surface area (Å²) in [4.78, 5) is 35.9. The van der Waals surface area contributed by atoms with Crippen LogP contribution in [0.2, 0.25) is 5.02 Å². The van der Waals surface area contributed by atoms with Gasteiger partial charge in [-0.2, -0.15) is 4.98 Å². The Hall–Kier alpha value is -4.38. The Morgan fingerprint density at radius 3 is 2.70 bits per heavy atom. The molecule has 0 fully saturated rings. The summed E-state index contributed by atoms with van der Waals surface area (Å²) < 4.78 is 14.9. The van der Waals surface area contributed by atoms with Crippen LogP contribution in [0.15, 0.2) is 55.1 Å².